The maximum absolute atomic E-state index is 12.0. The quantitative estimate of drug-likeness (QED) is 0.636. The number of hydrogen-bond acceptors (Lipinski definition) is 4. The third kappa shape index (κ3) is 2.01. The Bertz CT molecular complexity index is 528. The Morgan fingerprint density at radius 3 is 2.81 bits per heavy atom. The molecule has 0 radical (unpaired) electrons. The first-order valence-corrected chi connectivity index (χ1v) is 4.92. The molecule has 0 aliphatic heterocycles. The number of aromatic nitrogens is 2. The second kappa shape index (κ2) is 4.28. The second-order valence-corrected chi connectivity index (χ2v) is 3.59. The van der Waals surface area contributed by atoms with Crippen LogP contribution in [0.15, 0.2) is 36.8 Å². The first kappa shape index (κ1) is 10.6. The van der Waals surface area contributed by atoms with Gasteiger partial charge < -0.3 is 5.73 Å². The molecule has 0 fully saturated rings. The van der Waals surface area contributed by atoms with Gasteiger partial charge in [-0.1, -0.05) is 11.6 Å². The highest BCUT2D eigenvalue weighted by atomic mass is 35.5. The van der Waals surface area contributed by atoms with Crippen LogP contribution < -0.4 is 5.73 Å². The molecule has 0 atom stereocenters. The molecule has 0 saturated heterocycles. The van der Waals surface area contributed by atoms with Crippen LogP contribution in [0, 0.1) is 0 Å². The normalized spacial score (nSPS) is 10.1. The summed E-state index contributed by atoms with van der Waals surface area (Å²) in [5.74, 6) is -0.262. The summed E-state index contributed by atoms with van der Waals surface area (Å²) in [6.45, 7) is 0. The van der Waals surface area contributed by atoms with Crippen molar-refractivity contribution in [2.75, 3.05) is 5.73 Å². The molecular weight excluding hydrogens is 226 g/mol. The second-order valence-electron chi connectivity index (χ2n) is 3.16. The summed E-state index contributed by atoms with van der Waals surface area (Å²) in [4.78, 5) is 19.6. The van der Waals surface area contributed by atoms with Crippen LogP contribution >= 0.6 is 11.6 Å². The Morgan fingerprint density at radius 1 is 1.31 bits per heavy atom. The Labute approximate surface area is 97.1 Å². The van der Waals surface area contributed by atoms with E-state index in [9.17, 15) is 4.79 Å². The number of nitrogens with zero attached hydrogens (tertiary/aromatic N) is 2. The lowest BCUT2D eigenvalue weighted by atomic mass is 10.1. The molecule has 0 bridgehead atoms. The van der Waals surface area contributed by atoms with Crippen LogP contribution in [0.2, 0.25) is 5.02 Å². The van der Waals surface area contributed by atoms with Gasteiger partial charge in [0.1, 0.15) is 12.0 Å². The summed E-state index contributed by atoms with van der Waals surface area (Å²) in [7, 11) is 0. The van der Waals surface area contributed by atoms with Crippen molar-refractivity contribution in [2.45, 2.75) is 0 Å². The first-order valence-electron chi connectivity index (χ1n) is 4.54. The van der Waals surface area contributed by atoms with Crippen LogP contribution in [0.3, 0.4) is 0 Å². The number of halogens is 1. The molecule has 5 heteroatoms. The molecule has 16 heavy (non-hydrogen) atoms. The van der Waals surface area contributed by atoms with Crippen LogP contribution in [0.1, 0.15) is 16.1 Å². The van der Waals surface area contributed by atoms with Crippen LogP contribution in [0.4, 0.5) is 5.69 Å². The highest BCUT2D eigenvalue weighted by molar-refractivity contribution is 6.31. The third-order valence-electron chi connectivity index (χ3n) is 2.07. The number of anilines is 1. The van der Waals surface area contributed by atoms with E-state index in [1.807, 2.05) is 0 Å². The molecular formula is C11H8ClN3O. The number of rotatable bonds is 2. The number of carbonyl (C=O) groups is 1. The predicted octanol–water partition coefficient (Wildman–Crippen LogP) is 1.94. The molecule has 80 valence electrons. The van der Waals surface area contributed by atoms with Crippen molar-refractivity contribution in [3.63, 3.8) is 0 Å². The number of nitrogen functional groups attached to an aromatic ring is 1. The molecule has 1 aromatic carbocycles. The average molecular weight is 234 g/mol. The molecule has 0 spiro atoms. The summed E-state index contributed by atoms with van der Waals surface area (Å²) in [5, 5.41) is 0.464. The van der Waals surface area contributed by atoms with Gasteiger partial charge in [0.05, 0.1) is 0 Å². The molecule has 0 aliphatic carbocycles. The van der Waals surface area contributed by atoms with E-state index < -0.39 is 0 Å². The summed E-state index contributed by atoms with van der Waals surface area (Å²) in [6.07, 6.45) is 2.81. The maximum Gasteiger partial charge on any atom is 0.213 e. The SMILES string of the molecule is Nc1ccc(Cl)cc1C(=O)c1ccncn1. The van der Waals surface area contributed by atoms with Crippen molar-refractivity contribution in [2.24, 2.45) is 0 Å². The van der Waals surface area contributed by atoms with Gasteiger partial charge in [-0.3, -0.25) is 4.79 Å². The van der Waals surface area contributed by atoms with Gasteiger partial charge in [-0.25, -0.2) is 9.97 Å². The van der Waals surface area contributed by atoms with E-state index in [1.165, 1.54) is 24.7 Å². The topological polar surface area (TPSA) is 68.9 Å². The zero-order chi connectivity index (χ0) is 11.5. The summed E-state index contributed by atoms with van der Waals surface area (Å²) >= 11 is 5.81. The first-order chi connectivity index (χ1) is 7.68. The van der Waals surface area contributed by atoms with Gasteiger partial charge >= 0.3 is 0 Å². The predicted molar refractivity (Wildman–Crippen MR) is 61.3 cm³/mol. The zero-order valence-corrected chi connectivity index (χ0v) is 8.98. The standard InChI is InChI=1S/C11H8ClN3O/c12-7-1-2-9(13)8(5-7)11(16)10-3-4-14-6-15-10/h1-6H,13H2. The molecule has 1 aromatic heterocycles. The van der Waals surface area contributed by atoms with E-state index in [1.54, 1.807) is 12.1 Å². The molecule has 0 saturated carbocycles. The summed E-state index contributed by atoms with van der Waals surface area (Å²) in [5.41, 5.74) is 6.74. The van der Waals surface area contributed by atoms with Crippen LogP contribution in [0.5, 0.6) is 0 Å². The lowest BCUT2D eigenvalue weighted by Crippen LogP contribution is -2.07. The van der Waals surface area contributed by atoms with E-state index in [0.717, 1.165) is 0 Å². The molecule has 1 heterocycles. The van der Waals surface area contributed by atoms with Gasteiger partial charge in [0, 0.05) is 22.5 Å². The number of benzene rings is 1. The minimum Gasteiger partial charge on any atom is -0.398 e. The fraction of sp³-hybridized carbons (Fsp3) is 0. The molecule has 4 nitrogen and oxygen atoms in total. The van der Waals surface area contributed by atoms with Crippen LogP contribution in [0.25, 0.3) is 0 Å². The van der Waals surface area contributed by atoms with Gasteiger partial charge in [0.2, 0.25) is 5.78 Å². The third-order valence-corrected chi connectivity index (χ3v) is 2.31. The average Bonchev–Trinajstić information content (AvgIpc) is 2.32. The molecule has 0 aliphatic rings. The van der Waals surface area contributed by atoms with Crippen LogP contribution in [-0.4, -0.2) is 15.8 Å². The van der Waals surface area contributed by atoms with Crippen molar-refractivity contribution in [3.05, 3.63) is 53.1 Å². The molecule has 0 unspecified atom stereocenters. The number of nitrogens with two attached hydrogens (primary N) is 1. The smallest absolute Gasteiger partial charge is 0.213 e. The van der Waals surface area contributed by atoms with E-state index >= 15 is 0 Å². The number of ketones is 1. The van der Waals surface area contributed by atoms with Gasteiger partial charge in [-0.2, -0.15) is 0 Å². The van der Waals surface area contributed by atoms with Gasteiger partial charge in [-0.05, 0) is 24.3 Å². The summed E-state index contributed by atoms with van der Waals surface area (Å²) in [6, 6.07) is 6.29. The van der Waals surface area contributed by atoms with E-state index in [-0.39, 0.29) is 5.78 Å². The van der Waals surface area contributed by atoms with Gasteiger partial charge in [-0.15, -0.1) is 0 Å². The van der Waals surface area contributed by atoms with E-state index in [4.69, 9.17) is 17.3 Å². The maximum atomic E-state index is 12.0. The molecule has 0 amide bonds. The Hall–Kier alpha value is -1.94. The highest BCUT2D eigenvalue weighted by Gasteiger charge is 2.13. The molecule has 2 N–H and O–H groups in total. The Kier molecular flexibility index (Phi) is 2.83. The monoisotopic (exact) mass is 233 g/mol. The lowest BCUT2D eigenvalue weighted by molar-refractivity contribution is 0.103. The van der Waals surface area contributed by atoms with Crippen molar-refractivity contribution >= 4 is 23.1 Å². The van der Waals surface area contributed by atoms with E-state index in [2.05, 4.69) is 9.97 Å². The number of hydrogen-bond donors (Lipinski definition) is 1. The largest absolute Gasteiger partial charge is 0.398 e. The fourth-order valence-corrected chi connectivity index (χ4v) is 1.46. The van der Waals surface area contributed by atoms with Crippen molar-refractivity contribution in [1.82, 2.24) is 9.97 Å². The highest BCUT2D eigenvalue weighted by Crippen LogP contribution is 2.20. The lowest BCUT2D eigenvalue weighted by Gasteiger charge is -2.04. The number of carbonyl (C=O) groups excluding carboxylic acids is 1. The van der Waals surface area contributed by atoms with Crippen molar-refractivity contribution < 1.29 is 4.79 Å². The summed E-state index contributed by atoms with van der Waals surface area (Å²) < 4.78 is 0. The van der Waals surface area contributed by atoms with Gasteiger partial charge in [0.25, 0.3) is 0 Å². The Balaban J connectivity index is 2.46. The fourth-order valence-electron chi connectivity index (χ4n) is 1.29. The minimum atomic E-state index is -0.262. The van der Waals surface area contributed by atoms with E-state index in [0.29, 0.717) is 22.0 Å². The molecule has 2 aromatic rings. The van der Waals surface area contributed by atoms with Crippen molar-refractivity contribution in [3.8, 4) is 0 Å². The van der Waals surface area contributed by atoms with Crippen LogP contribution in [-0.2, 0) is 0 Å². The molecule has 2 rings (SSSR count). The van der Waals surface area contributed by atoms with Crippen molar-refractivity contribution in [1.29, 1.82) is 0 Å². The van der Waals surface area contributed by atoms with Gasteiger partial charge in [0.15, 0.2) is 0 Å². The Morgan fingerprint density at radius 2 is 2.12 bits per heavy atom. The zero-order valence-electron chi connectivity index (χ0n) is 8.22. The minimum absolute atomic E-state index is 0.262.